The zero-order chi connectivity index (χ0) is 22.2. The molecule has 3 aromatic carbocycles. The van der Waals surface area contributed by atoms with E-state index in [0.717, 1.165) is 11.1 Å². The Morgan fingerprint density at radius 1 is 0.871 bits per heavy atom. The van der Waals surface area contributed by atoms with E-state index in [9.17, 15) is 9.59 Å². The molecule has 3 rings (SSSR count). The van der Waals surface area contributed by atoms with Crippen LogP contribution in [-0.2, 0) is 11.2 Å². The molecule has 0 aliphatic carbocycles. The summed E-state index contributed by atoms with van der Waals surface area (Å²) in [5.41, 5.74) is 2.98. The predicted molar refractivity (Wildman–Crippen MR) is 121 cm³/mol. The highest BCUT2D eigenvalue weighted by Crippen LogP contribution is 2.27. The molecule has 31 heavy (non-hydrogen) atoms. The highest BCUT2D eigenvalue weighted by Gasteiger charge is 2.13. The lowest BCUT2D eigenvalue weighted by Crippen LogP contribution is -2.28. The maximum atomic E-state index is 12.5. The molecule has 0 saturated carbocycles. The van der Waals surface area contributed by atoms with Crippen LogP contribution in [0.3, 0.4) is 0 Å². The van der Waals surface area contributed by atoms with E-state index < -0.39 is 0 Å². The summed E-state index contributed by atoms with van der Waals surface area (Å²) in [5.74, 6) is 0.915. The van der Waals surface area contributed by atoms with Crippen LogP contribution in [0.15, 0.2) is 72.8 Å². The normalized spacial score (nSPS) is 11.3. The van der Waals surface area contributed by atoms with E-state index in [0.29, 0.717) is 22.7 Å². The number of carbonyl (C=O) groups excluding carboxylic acids is 2. The lowest BCUT2D eigenvalue weighted by atomic mass is 10.1. The number of nitrogens with one attached hydrogen (secondary N) is 2. The Morgan fingerprint density at radius 2 is 1.61 bits per heavy atom. The van der Waals surface area contributed by atoms with Crippen molar-refractivity contribution in [3.05, 3.63) is 89.5 Å². The van der Waals surface area contributed by atoms with E-state index in [1.165, 1.54) is 0 Å². The highest BCUT2D eigenvalue weighted by atomic mass is 16.5. The van der Waals surface area contributed by atoms with Gasteiger partial charge in [0, 0.05) is 11.3 Å². The molecule has 0 heterocycles. The molecule has 0 bridgehead atoms. The quantitative estimate of drug-likeness (QED) is 0.569. The summed E-state index contributed by atoms with van der Waals surface area (Å²) in [6.07, 6.45) is 0.217. The van der Waals surface area contributed by atoms with Gasteiger partial charge in [-0.1, -0.05) is 36.4 Å². The number of carbonyl (C=O) groups is 2. The van der Waals surface area contributed by atoms with Gasteiger partial charge in [0.15, 0.2) is 11.5 Å². The molecule has 0 fully saturated rings. The second-order valence-corrected chi connectivity index (χ2v) is 7.10. The lowest BCUT2D eigenvalue weighted by molar-refractivity contribution is -0.121. The number of rotatable bonds is 8. The lowest BCUT2D eigenvalue weighted by Gasteiger charge is -2.16. The number of anilines is 1. The molecule has 0 spiro atoms. The van der Waals surface area contributed by atoms with Crippen molar-refractivity contribution < 1.29 is 19.1 Å². The number of hydrogen-bond donors (Lipinski definition) is 2. The average molecular weight is 418 g/mol. The highest BCUT2D eigenvalue weighted by molar-refractivity contribution is 6.04. The van der Waals surface area contributed by atoms with Gasteiger partial charge in [-0.2, -0.15) is 0 Å². The summed E-state index contributed by atoms with van der Waals surface area (Å²) in [4.78, 5) is 24.9. The molecule has 6 heteroatoms. The molecule has 0 aliphatic rings. The SMILES string of the molecule is COc1ccc(CC(=O)N[C@H](C)c2cccc(NC(=O)c3ccccc3)c2)cc1OC. The minimum atomic E-state index is -0.221. The van der Waals surface area contributed by atoms with Gasteiger partial charge in [0.1, 0.15) is 0 Å². The average Bonchev–Trinajstić information content (AvgIpc) is 2.79. The molecule has 2 N–H and O–H groups in total. The van der Waals surface area contributed by atoms with Crippen LogP contribution < -0.4 is 20.1 Å². The Labute approximate surface area is 182 Å². The molecule has 160 valence electrons. The van der Waals surface area contributed by atoms with E-state index in [-0.39, 0.29) is 24.3 Å². The van der Waals surface area contributed by atoms with Crippen molar-refractivity contribution in [2.75, 3.05) is 19.5 Å². The summed E-state index contributed by atoms with van der Waals surface area (Å²) in [6.45, 7) is 1.91. The van der Waals surface area contributed by atoms with E-state index in [4.69, 9.17) is 9.47 Å². The first-order valence-electron chi connectivity index (χ1n) is 9.96. The third-order valence-corrected chi connectivity index (χ3v) is 4.87. The fraction of sp³-hybridized carbons (Fsp3) is 0.200. The fourth-order valence-corrected chi connectivity index (χ4v) is 3.23. The number of methoxy groups -OCH3 is 2. The van der Waals surface area contributed by atoms with Crippen molar-refractivity contribution in [2.24, 2.45) is 0 Å². The Kier molecular flexibility index (Phi) is 7.27. The van der Waals surface area contributed by atoms with Crippen molar-refractivity contribution in [2.45, 2.75) is 19.4 Å². The summed E-state index contributed by atoms with van der Waals surface area (Å²) in [6, 6.07) is 21.7. The van der Waals surface area contributed by atoms with Crippen LogP contribution in [0.5, 0.6) is 11.5 Å². The van der Waals surface area contributed by atoms with E-state index in [2.05, 4.69) is 10.6 Å². The van der Waals surface area contributed by atoms with E-state index >= 15 is 0 Å². The number of ether oxygens (including phenoxy) is 2. The second kappa shape index (κ2) is 10.3. The molecule has 3 aromatic rings. The smallest absolute Gasteiger partial charge is 0.255 e. The topological polar surface area (TPSA) is 76.7 Å². The third-order valence-electron chi connectivity index (χ3n) is 4.87. The maximum absolute atomic E-state index is 12.5. The van der Waals surface area contributed by atoms with Crippen LogP contribution in [0, 0.1) is 0 Å². The van der Waals surface area contributed by atoms with Gasteiger partial charge >= 0.3 is 0 Å². The molecule has 6 nitrogen and oxygen atoms in total. The molecule has 1 atom stereocenters. The first kappa shape index (κ1) is 21.9. The minimum Gasteiger partial charge on any atom is -0.493 e. The molecule has 2 amide bonds. The van der Waals surface area contributed by atoms with Crippen LogP contribution in [-0.4, -0.2) is 26.0 Å². The summed E-state index contributed by atoms with van der Waals surface area (Å²) in [5, 5.41) is 5.89. The van der Waals surface area contributed by atoms with Gasteiger partial charge in [0.05, 0.1) is 26.7 Å². The molecule has 0 aliphatic heterocycles. The van der Waals surface area contributed by atoms with Crippen LogP contribution in [0.25, 0.3) is 0 Å². The first-order valence-corrected chi connectivity index (χ1v) is 9.96. The molecule has 0 aromatic heterocycles. The minimum absolute atomic E-state index is 0.113. The van der Waals surface area contributed by atoms with Crippen molar-refractivity contribution in [3.8, 4) is 11.5 Å². The molecular weight excluding hydrogens is 392 g/mol. The number of amides is 2. The Balaban J connectivity index is 1.62. The summed E-state index contributed by atoms with van der Waals surface area (Å²) in [7, 11) is 3.13. The van der Waals surface area contributed by atoms with Crippen molar-refractivity contribution in [1.29, 1.82) is 0 Å². The van der Waals surface area contributed by atoms with Crippen LogP contribution in [0.1, 0.15) is 34.5 Å². The Morgan fingerprint density at radius 3 is 2.32 bits per heavy atom. The maximum Gasteiger partial charge on any atom is 0.255 e. The summed E-state index contributed by atoms with van der Waals surface area (Å²) >= 11 is 0. The van der Waals surface area contributed by atoms with Gasteiger partial charge in [-0.3, -0.25) is 9.59 Å². The van der Waals surface area contributed by atoms with Gasteiger partial charge in [0.2, 0.25) is 5.91 Å². The van der Waals surface area contributed by atoms with Crippen LogP contribution in [0.2, 0.25) is 0 Å². The number of benzene rings is 3. The zero-order valence-electron chi connectivity index (χ0n) is 17.8. The predicted octanol–water partition coefficient (Wildman–Crippen LogP) is 4.38. The Hall–Kier alpha value is -3.80. The van der Waals surface area contributed by atoms with Gasteiger partial charge in [0.25, 0.3) is 5.91 Å². The van der Waals surface area contributed by atoms with Gasteiger partial charge in [-0.15, -0.1) is 0 Å². The van der Waals surface area contributed by atoms with Crippen LogP contribution in [0.4, 0.5) is 5.69 Å². The van der Waals surface area contributed by atoms with Crippen LogP contribution >= 0.6 is 0 Å². The van der Waals surface area contributed by atoms with Crippen molar-refractivity contribution in [1.82, 2.24) is 5.32 Å². The second-order valence-electron chi connectivity index (χ2n) is 7.10. The fourth-order valence-electron chi connectivity index (χ4n) is 3.23. The first-order chi connectivity index (χ1) is 15.0. The monoisotopic (exact) mass is 418 g/mol. The summed E-state index contributed by atoms with van der Waals surface area (Å²) < 4.78 is 10.5. The largest absolute Gasteiger partial charge is 0.493 e. The van der Waals surface area contributed by atoms with E-state index in [1.807, 2.05) is 55.5 Å². The molecule has 0 radical (unpaired) electrons. The standard InChI is InChI=1S/C25H26N2O4/c1-17(26-24(28)15-18-12-13-22(30-2)23(14-18)31-3)20-10-7-11-21(16-20)27-25(29)19-8-5-4-6-9-19/h4-14,16-17H,15H2,1-3H3,(H,26,28)(H,27,29)/t17-/m1/s1. The molecular formula is C25H26N2O4. The zero-order valence-corrected chi connectivity index (χ0v) is 17.8. The Bertz CT molecular complexity index is 1050. The van der Waals surface area contributed by atoms with Crippen molar-refractivity contribution in [3.63, 3.8) is 0 Å². The third kappa shape index (κ3) is 5.85. The number of hydrogen-bond acceptors (Lipinski definition) is 4. The molecule has 0 unspecified atom stereocenters. The van der Waals surface area contributed by atoms with E-state index in [1.54, 1.807) is 38.5 Å². The van der Waals surface area contributed by atoms with Gasteiger partial charge < -0.3 is 20.1 Å². The molecule has 0 saturated heterocycles. The van der Waals surface area contributed by atoms with Crippen molar-refractivity contribution >= 4 is 17.5 Å². The van der Waals surface area contributed by atoms with Gasteiger partial charge in [-0.05, 0) is 54.4 Å². The van der Waals surface area contributed by atoms with Gasteiger partial charge in [-0.25, -0.2) is 0 Å².